The summed E-state index contributed by atoms with van der Waals surface area (Å²) in [4.78, 5) is 28.8. The second-order valence-corrected chi connectivity index (χ2v) is 12.0. The number of benzene rings is 3. The van der Waals surface area contributed by atoms with Crippen molar-refractivity contribution in [2.75, 3.05) is 24.5 Å². The smallest absolute Gasteiger partial charge is 0.264 e. The Morgan fingerprint density at radius 1 is 0.951 bits per heavy atom. The van der Waals surface area contributed by atoms with Crippen LogP contribution in [0.15, 0.2) is 77.7 Å². The van der Waals surface area contributed by atoms with Gasteiger partial charge in [-0.3, -0.25) is 13.9 Å². The highest BCUT2D eigenvalue weighted by atomic mass is 35.5. The molecule has 0 fully saturated rings. The molecule has 8 nitrogen and oxygen atoms in total. The first kappa shape index (κ1) is 32.0. The molecule has 3 aromatic rings. The molecule has 41 heavy (non-hydrogen) atoms. The van der Waals surface area contributed by atoms with Crippen molar-refractivity contribution in [2.24, 2.45) is 0 Å². The number of hydrogen-bond acceptors (Lipinski definition) is 5. The highest BCUT2D eigenvalue weighted by Gasteiger charge is 2.33. The largest absolute Gasteiger partial charge is 0.497 e. The number of sulfonamides is 1. The third-order valence-electron chi connectivity index (χ3n) is 6.73. The number of ether oxygens (including phenoxy) is 1. The quantitative estimate of drug-likeness (QED) is 0.244. The van der Waals surface area contributed by atoms with E-state index in [1.165, 1.54) is 24.1 Å². The zero-order valence-corrected chi connectivity index (χ0v) is 25.5. The van der Waals surface area contributed by atoms with Gasteiger partial charge < -0.3 is 15.0 Å². The normalized spacial score (nSPS) is 11.9. The zero-order valence-electron chi connectivity index (χ0n) is 24.0. The number of nitrogens with one attached hydrogen (secondary N) is 1. The molecule has 3 rings (SSSR count). The van der Waals surface area contributed by atoms with Gasteiger partial charge in [0, 0.05) is 18.1 Å². The number of aryl methyl sites for hydroxylation is 1. The fourth-order valence-corrected chi connectivity index (χ4v) is 5.87. The summed E-state index contributed by atoms with van der Waals surface area (Å²) in [7, 11) is -2.62. The van der Waals surface area contributed by atoms with Crippen LogP contribution in [-0.2, 0) is 26.2 Å². The lowest BCUT2D eigenvalue weighted by Gasteiger charge is -2.33. The van der Waals surface area contributed by atoms with Gasteiger partial charge in [0.25, 0.3) is 10.0 Å². The topological polar surface area (TPSA) is 96.0 Å². The van der Waals surface area contributed by atoms with E-state index in [1.54, 1.807) is 60.7 Å². The van der Waals surface area contributed by atoms with Gasteiger partial charge in [0.15, 0.2) is 0 Å². The Kier molecular flexibility index (Phi) is 11.6. The molecule has 0 aliphatic carbocycles. The van der Waals surface area contributed by atoms with Crippen LogP contribution in [-0.4, -0.2) is 51.4 Å². The van der Waals surface area contributed by atoms with Crippen molar-refractivity contribution in [1.29, 1.82) is 0 Å². The summed E-state index contributed by atoms with van der Waals surface area (Å²) in [6.07, 6.45) is 2.08. The van der Waals surface area contributed by atoms with Crippen LogP contribution < -0.4 is 14.4 Å². The van der Waals surface area contributed by atoms with Gasteiger partial charge in [-0.05, 0) is 73.9 Å². The summed E-state index contributed by atoms with van der Waals surface area (Å²) in [6.45, 7) is 5.82. The Labute approximate surface area is 248 Å². The molecule has 10 heteroatoms. The molecular formula is C31H38ClN3O5S. The molecule has 0 radical (unpaired) electrons. The number of anilines is 1. The zero-order chi connectivity index (χ0) is 30.0. The van der Waals surface area contributed by atoms with E-state index in [4.69, 9.17) is 16.3 Å². The standard InChI is InChI=1S/C31H38ClN3O5S/c1-5-7-20-33-31(37)29(6-2)34(21-24-10-12-25(32)13-11-24)30(36)22-35(26-14-16-27(40-4)17-15-26)41(38,39)28-18-8-23(3)9-19-28/h8-19,29H,5-7,20-22H2,1-4H3,(H,33,37)/t29-/m1/s1. The van der Waals surface area contributed by atoms with Gasteiger partial charge in [-0.15, -0.1) is 0 Å². The van der Waals surface area contributed by atoms with Gasteiger partial charge in [-0.2, -0.15) is 0 Å². The lowest BCUT2D eigenvalue weighted by atomic mass is 10.1. The van der Waals surface area contributed by atoms with Crippen LogP contribution in [0.5, 0.6) is 5.75 Å². The van der Waals surface area contributed by atoms with Crippen molar-refractivity contribution < 1.29 is 22.7 Å². The van der Waals surface area contributed by atoms with Crippen molar-refractivity contribution in [3.63, 3.8) is 0 Å². The van der Waals surface area contributed by atoms with E-state index in [-0.39, 0.29) is 17.3 Å². The van der Waals surface area contributed by atoms with Crippen LogP contribution in [0, 0.1) is 6.92 Å². The van der Waals surface area contributed by atoms with Gasteiger partial charge in [0.2, 0.25) is 11.8 Å². The molecule has 0 saturated heterocycles. The minimum Gasteiger partial charge on any atom is -0.497 e. The lowest BCUT2D eigenvalue weighted by molar-refractivity contribution is -0.140. The van der Waals surface area contributed by atoms with Gasteiger partial charge in [-0.1, -0.05) is 61.7 Å². The monoisotopic (exact) mass is 599 g/mol. The Bertz CT molecular complexity index is 1400. The summed E-state index contributed by atoms with van der Waals surface area (Å²) in [5.41, 5.74) is 1.97. The molecule has 1 atom stereocenters. The molecule has 220 valence electrons. The predicted octanol–water partition coefficient (Wildman–Crippen LogP) is 5.58. The SMILES string of the molecule is CCCCNC(=O)[C@@H](CC)N(Cc1ccc(Cl)cc1)C(=O)CN(c1ccc(OC)cc1)S(=O)(=O)c1ccc(C)cc1. The average Bonchev–Trinajstić information content (AvgIpc) is 2.97. The fraction of sp³-hybridized carbons (Fsp3) is 0.355. The van der Waals surface area contributed by atoms with Gasteiger partial charge in [0.1, 0.15) is 18.3 Å². The number of carbonyl (C=O) groups is 2. The van der Waals surface area contributed by atoms with E-state index in [1.807, 2.05) is 20.8 Å². The van der Waals surface area contributed by atoms with E-state index < -0.39 is 28.5 Å². The Hall–Kier alpha value is -3.56. The van der Waals surface area contributed by atoms with E-state index in [0.717, 1.165) is 28.3 Å². The first-order valence-corrected chi connectivity index (χ1v) is 15.5. The molecular weight excluding hydrogens is 562 g/mol. The molecule has 0 heterocycles. The molecule has 0 unspecified atom stereocenters. The number of carbonyl (C=O) groups excluding carboxylic acids is 2. The first-order valence-electron chi connectivity index (χ1n) is 13.7. The van der Waals surface area contributed by atoms with Crippen LogP contribution in [0.25, 0.3) is 0 Å². The summed E-state index contributed by atoms with van der Waals surface area (Å²) >= 11 is 6.07. The molecule has 1 N–H and O–H groups in total. The highest BCUT2D eigenvalue weighted by Crippen LogP contribution is 2.27. The van der Waals surface area contributed by atoms with Gasteiger partial charge in [0.05, 0.1) is 17.7 Å². The van der Waals surface area contributed by atoms with Crippen LogP contribution in [0.4, 0.5) is 5.69 Å². The van der Waals surface area contributed by atoms with Crippen molar-refractivity contribution >= 4 is 39.1 Å². The van der Waals surface area contributed by atoms with Crippen molar-refractivity contribution in [3.05, 3.63) is 88.9 Å². The van der Waals surface area contributed by atoms with Crippen LogP contribution in [0.3, 0.4) is 0 Å². The maximum Gasteiger partial charge on any atom is 0.264 e. The third-order valence-corrected chi connectivity index (χ3v) is 8.77. The number of rotatable bonds is 14. The fourth-order valence-electron chi connectivity index (χ4n) is 4.33. The molecule has 0 saturated carbocycles. The van der Waals surface area contributed by atoms with Gasteiger partial charge in [-0.25, -0.2) is 8.42 Å². The van der Waals surface area contributed by atoms with Crippen molar-refractivity contribution in [1.82, 2.24) is 10.2 Å². The maximum absolute atomic E-state index is 14.1. The minimum absolute atomic E-state index is 0.0559. The number of hydrogen-bond donors (Lipinski definition) is 1. The number of methoxy groups -OCH3 is 1. The molecule has 0 aromatic heterocycles. The van der Waals surface area contributed by atoms with E-state index in [9.17, 15) is 18.0 Å². The number of amides is 2. The van der Waals surface area contributed by atoms with E-state index in [2.05, 4.69) is 5.32 Å². The Balaban J connectivity index is 2.03. The molecule has 0 aliphatic rings. The third kappa shape index (κ3) is 8.47. The van der Waals surface area contributed by atoms with E-state index >= 15 is 0 Å². The molecule has 0 bridgehead atoms. The molecule has 3 aromatic carbocycles. The van der Waals surface area contributed by atoms with Crippen LogP contribution in [0.2, 0.25) is 5.02 Å². The summed E-state index contributed by atoms with van der Waals surface area (Å²) in [6, 6.07) is 19.1. The van der Waals surface area contributed by atoms with Crippen molar-refractivity contribution in [2.45, 2.75) is 57.5 Å². The maximum atomic E-state index is 14.1. The first-order chi connectivity index (χ1) is 19.6. The number of halogens is 1. The molecule has 2 amide bonds. The number of nitrogens with zero attached hydrogens (tertiary/aromatic N) is 2. The average molecular weight is 600 g/mol. The Morgan fingerprint density at radius 3 is 2.15 bits per heavy atom. The van der Waals surface area contributed by atoms with E-state index in [0.29, 0.717) is 29.4 Å². The second-order valence-electron chi connectivity index (χ2n) is 9.74. The van der Waals surface area contributed by atoms with Crippen LogP contribution >= 0.6 is 11.6 Å². The Morgan fingerprint density at radius 2 is 1.59 bits per heavy atom. The summed E-state index contributed by atoms with van der Waals surface area (Å²) in [5, 5.41) is 3.47. The van der Waals surface area contributed by atoms with Crippen LogP contribution in [0.1, 0.15) is 44.2 Å². The molecule has 0 aliphatic heterocycles. The molecule has 0 spiro atoms. The second kappa shape index (κ2) is 14.9. The highest BCUT2D eigenvalue weighted by molar-refractivity contribution is 7.92. The minimum atomic E-state index is -4.14. The summed E-state index contributed by atoms with van der Waals surface area (Å²) < 4.78 is 34.2. The number of unbranched alkanes of at least 4 members (excludes halogenated alkanes) is 1. The summed E-state index contributed by atoms with van der Waals surface area (Å²) in [5.74, 6) is -0.239. The van der Waals surface area contributed by atoms with Gasteiger partial charge >= 0.3 is 0 Å². The van der Waals surface area contributed by atoms with Crippen molar-refractivity contribution in [3.8, 4) is 5.75 Å². The predicted molar refractivity (Wildman–Crippen MR) is 163 cm³/mol. The lowest BCUT2D eigenvalue weighted by Crippen LogP contribution is -2.52.